The van der Waals surface area contributed by atoms with Crippen LogP contribution in [0, 0.1) is 11.6 Å². The van der Waals surface area contributed by atoms with Crippen molar-refractivity contribution in [1.29, 1.82) is 0 Å². The highest BCUT2D eigenvalue weighted by molar-refractivity contribution is 5.94. The van der Waals surface area contributed by atoms with Gasteiger partial charge in [-0.1, -0.05) is 12.1 Å². The Labute approximate surface area is 155 Å². The lowest BCUT2D eigenvalue weighted by Gasteiger charge is -2.36. The van der Waals surface area contributed by atoms with Gasteiger partial charge in [0, 0.05) is 31.9 Å². The van der Waals surface area contributed by atoms with Crippen LogP contribution in [0.15, 0.2) is 42.5 Å². The molecule has 27 heavy (non-hydrogen) atoms. The van der Waals surface area contributed by atoms with E-state index < -0.39 is 17.6 Å². The van der Waals surface area contributed by atoms with E-state index in [1.807, 2.05) is 0 Å². The summed E-state index contributed by atoms with van der Waals surface area (Å²) in [5.41, 5.74) is 0.726. The van der Waals surface area contributed by atoms with E-state index in [0.29, 0.717) is 37.4 Å². The minimum absolute atomic E-state index is 0.0664. The zero-order valence-corrected chi connectivity index (χ0v) is 14.7. The van der Waals surface area contributed by atoms with Crippen molar-refractivity contribution >= 4 is 23.4 Å². The monoisotopic (exact) mass is 375 g/mol. The second-order valence-electron chi connectivity index (χ2n) is 6.05. The summed E-state index contributed by atoms with van der Waals surface area (Å²) in [4.78, 5) is 27.1. The fourth-order valence-electron chi connectivity index (χ4n) is 2.97. The number of piperazine rings is 1. The van der Waals surface area contributed by atoms with Crippen LogP contribution in [0.4, 0.5) is 25.0 Å². The van der Waals surface area contributed by atoms with Crippen molar-refractivity contribution < 1.29 is 23.1 Å². The van der Waals surface area contributed by atoms with Gasteiger partial charge in [-0.05, 0) is 30.3 Å². The van der Waals surface area contributed by atoms with Gasteiger partial charge in [0.25, 0.3) is 0 Å². The summed E-state index contributed by atoms with van der Waals surface area (Å²) in [6.45, 7) is 1.26. The number of nitrogens with zero attached hydrogens (tertiary/aromatic N) is 2. The number of carbonyl (C=O) groups is 2. The normalized spacial score (nSPS) is 14.0. The number of amides is 2. The van der Waals surface area contributed by atoms with E-state index in [-0.39, 0.29) is 11.7 Å². The largest absolute Gasteiger partial charge is 0.465 e. The molecule has 0 aliphatic carbocycles. The molecule has 0 unspecified atom stereocenters. The van der Waals surface area contributed by atoms with Crippen LogP contribution in [-0.2, 0) is 4.74 Å². The third kappa shape index (κ3) is 4.16. The molecule has 0 aromatic heterocycles. The van der Waals surface area contributed by atoms with Crippen molar-refractivity contribution in [2.24, 2.45) is 0 Å². The molecule has 0 spiro atoms. The zero-order valence-electron chi connectivity index (χ0n) is 14.7. The molecular weight excluding hydrogens is 356 g/mol. The van der Waals surface area contributed by atoms with Crippen molar-refractivity contribution in [3.63, 3.8) is 0 Å². The maximum atomic E-state index is 13.9. The Balaban J connectivity index is 1.61. The van der Waals surface area contributed by atoms with E-state index in [9.17, 15) is 18.4 Å². The van der Waals surface area contributed by atoms with Gasteiger partial charge in [0.2, 0.25) is 0 Å². The molecule has 2 amide bonds. The topological polar surface area (TPSA) is 61.9 Å². The number of carbonyl (C=O) groups excluding carboxylic acids is 2. The van der Waals surface area contributed by atoms with Gasteiger partial charge in [0.05, 0.1) is 12.7 Å². The highest BCUT2D eigenvalue weighted by Crippen LogP contribution is 2.24. The van der Waals surface area contributed by atoms with Crippen LogP contribution in [0.5, 0.6) is 0 Å². The Morgan fingerprint density at radius 3 is 2.26 bits per heavy atom. The predicted molar refractivity (Wildman–Crippen MR) is 96.9 cm³/mol. The number of hydrogen-bond acceptors (Lipinski definition) is 4. The number of esters is 1. The number of halogens is 2. The average Bonchev–Trinajstić information content (AvgIpc) is 2.68. The van der Waals surface area contributed by atoms with Crippen molar-refractivity contribution in [2.75, 3.05) is 43.5 Å². The van der Waals surface area contributed by atoms with Crippen LogP contribution in [0.25, 0.3) is 0 Å². The Bertz CT molecular complexity index is 832. The first-order valence-corrected chi connectivity index (χ1v) is 8.43. The van der Waals surface area contributed by atoms with Gasteiger partial charge in [-0.25, -0.2) is 18.4 Å². The first kappa shape index (κ1) is 18.6. The van der Waals surface area contributed by atoms with Gasteiger partial charge in [-0.2, -0.15) is 0 Å². The molecule has 2 aromatic rings. The summed E-state index contributed by atoms with van der Waals surface area (Å²) in [6, 6.07) is 9.82. The molecule has 0 bridgehead atoms. The summed E-state index contributed by atoms with van der Waals surface area (Å²) in [7, 11) is 1.28. The lowest BCUT2D eigenvalue weighted by atomic mass is 10.2. The van der Waals surface area contributed by atoms with Gasteiger partial charge < -0.3 is 19.9 Å². The van der Waals surface area contributed by atoms with E-state index in [1.165, 1.54) is 31.4 Å². The molecule has 0 atom stereocenters. The number of anilines is 2. The van der Waals surface area contributed by atoms with Crippen LogP contribution in [0.1, 0.15) is 10.4 Å². The molecule has 2 aromatic carbocycles. The number of ether oxygens (including phenoxy) is 1. The molecule has 6 nitrogen and oxygen atoms in total. The molecule has 8 heteroatoms. The smallest absolute Gasteiger partial charge is 0.337 e. The number of rotatable bonds is 3. The Hall–Kier alpha value is -3.16. The number of urea groups is 1. The van der Waals surface area contributed by atoms with Crippen LogP contribution in [0.2, 0.25) is 0 Å². The maximum Gasteiger partial charge on any atom is 0.337 e. The van der Waals surface area contributed by atoms with E-state index in [1.54, 1.807) is 28.0 Å². The molecular formula is C19H19F2N3O3. The second-order valence-corrected chi connectivity index (χ2v) is 6.05. The van der Waals surface area contributed by atoms with Gasteiger partial charge in [-0.15, -0.1) is 0 Å². The van der Waals surface area contributed by atoms with Crippen molar-refractivity contribution in [2.45, 2.75) is 0 Å². The van der Waals surface area contributed by atoms with Gasteiger partial charge in [0.15, 0.2) is 0 Å². The molecule has 1 N–H and O–H groups in total. The van der Waals surface area contributed by atoms with Gasteiger partial charge in [-0.3, -0.25) is 0 Å². The number of hydrogen-bond donors (Lipinski definition) is 1. The van der Waals surface area contributed by atoms with Crippen LogP contribution in [0.3, 0.4) is 0 Å². The fraction of sp³-hybridized carbons (Fsp3) is 0.263. The Kier molecular flexibility index (Phi) is 5.54. The first-order chi connectivity index (χ1) is 13.0. The molecule has 1 aliphatic rings. The molecule has 0 radical (unpaired) electrons. The molecule has 3 rings (SSSR count). The van der Waals surface area contributed by atoms with Crippen molar-refractivity contribution in [3.8, 4) is 0 Å². The van der Waals surface area contributed by atoms with Crippen molar-refractivity contribution in [1.82, 2.24) is 4.90 Å². The van der Waals surface area contributed by atoms with Gasteiger partial charge >= 0.3 is 12.0 Å². The number of methoxy groups -OCH3 is 1. The highest BCUT2D eigenvalue weighted by atomic mass is 19.1. The lowest BCUT2D eigenvalue weighted by Crippen LogP contribution is -2.50. The lowest BCUT2D eigenvalue weighted by molar-refractivity contribution is 0.0600. The van der Waals surface area contributed by atoms with E-state index >= 15 is 0 Å². The van der Waals surface area contributed by atoms with Crippen molar-refractivity contribution in [3.05, 3.63) is 59.7 Å². The molecule has 1 heterocycles. The first-order valence-electron chi connectivity index (χ1n) is 8.43. The van der Waals surface area contributed by atoms with E-state index in [0.717, 1.165) is 0 Å². The number of benzene rings is 2. The zero-order chi connectivity index (χ0) is 19.4. The summed E-state index contributed by atoms with van der Waals surface area (Å²) < 4.78 is 32.5. The number of nitrogens with one attached hydrogen (secondary N) is 1. The molecule has 142 valence electrons. The Morgan fingerprint density at radius 1 is 1.00 bits per heavy atom. The molecule has 0 saturated carbocycles. The summed E-state index contributed by atoms with van der Waals surface area (Å²) in [5.74, 6) is -1.73. The fourth-order valence-corrected chi connectivity index (χ4v) is 2.97. The summed E-state index contributed by atoms with van der Waals surface area (Å²) in [6.07, 6.45) is 0. The summed E-state index contributed by atoms with van der Waals surface area (Å²) in [5, 5.41) is 2.72. The van der Waals surface area contributed by atoms with Crippen LogP contribution in [-0.4, -0.2) is 50.2 Å². The van der Waals surface area contributed by atoms with E-state index in [2.05, 4.69) is 10.1 Å². The standard InChI is InChI=1S/C19H19F2N3O3/c1-27-18(25)13-4-2-5-14(12-13)22-19(26)24-10-8-23(9-11-24)17-15(20)6-3-7-16(17)21/h2-7,12H,8-11H2,1H3,(H,22,26). The third-order valence-electron chi connectivity index (χ3n) is 4.36. The SMILES string of the molecule is COC(=O)c1cccc(NC(=O)N2CCN(c3c(F)cccc3F)CC2)c1. The molecule has 1 fully saturated rings. The molecule has 1 aliphatic heterocycles. The van der Waals surface area contributed by atoms with Crippen LogP contribution >= 0.6 is 0 Å². The second kappa shape index (κ2) is 8.03. The minimum atomic E-state index is -0.618. The minimum Gasteiger partial charge on any atom is -0.465 e. The predicted octanol–water partition coefficient (Wildman–Crippen LogP) is 3.11. The third-order valence-corrected chi connectivity index (χ3v) is 4.36. The maximum absolute atomic E-state index is 13.9. The quantitative estimate of drug-likeness (QED) is 0.838. The number of para-hydroxylation sites is 1. The average molecular weight is 375 g/mol. The Morgan fingerprint density at radius 2 is 1.63 bits per heavy atom. The summed E-state index contributed by atoms with van der Waals surface area (Å²) >= 11 is 0. The highest BCUT2D eigenvalue weighted by Gasteiger charge is 2.25. The molecule has 1 saturated heterocycles. The van der Waals surface area contributed by atoms with Gasteiger partial charge in [0.1, 0.15) is 17.3 Å². The van der Waals surface area contributed by atoms with Crippen LogP contribution < -0.4 is 10.2 Å². The van der Waals surface area contributed by atoms with E-state index in [4.69, 9.17) is 0 Å².